The van der Waals surface area contributed by atoms with Gasteiger partial charge >= 0.3 is 0 Å². The standard InChI is InChI=1S/C19H24OSi/c1-20-18-13-11-17(12-14-18)19(21(2,3)4)15-10-16-8-6-5-7-9-16/h5-15,19H,1-4H3/b15-10+. The minimum atomic E-state index is -1.34. The Kier molecular flexibility index (Phi) is 5.02. The van der Waals surface area contributed by atoms with Gasteiger partial charge in [0.1, 0.15) is 5.75 Å². The minimum absolute atomic E-state index is 0.503. The number of hydrogen-bond donors (Lipinski definition) is 0. The zero-order chi connectivity index (χ0) is 15.3. The van der Waals surface area contributed by atoms with Crippen LogP contribution in [0, 0.1) is 0 Å². The van der Waals surface area contributed by atoms with Gasteiger partial charge in [-0.2, -0.15) is 0 Å². The Bertz CT molecular complexity index is 579. The molecule has 0 aliphatic heterocycles. The molecule has 0 saturated heterocycles. The van der Waals surface area contributed by atoms with Crippen LogP contribution in [0.4, 0.5) is 0 Å². The lowest BCUT2D eigenvalue weighted by Gasteiger charge is -2.27. The maximum Gasteiger partial charge on any atom is 0.118 e. The number of hydrogen-bond acceptors (Lipinski definition) is 1. The minimum Gasteiger partial charge on any atom is -0.497 e. The second-order valence-electron chi connectivity index (χ2n) is 6.39. The Hall–Kier alpha value is -1.80. The van der Waals surface area contributed by atoms with Crippen molar-refractivity contribution >= 4 is 14.1 Å². The van der Waals surface area contributed by atoms with Crippen LogP contribution in [-0.2, 0) is 0 Å². The summed E-state index contributed by atoms with van der Waals surface area (Å²) in [6.07, 6.45) is 4.61. The van der Waals surface area contributed by atoms with E-state index in [-0.39, 0.29) is 0 Å². The van der Waals surface area contributed by atoms with Crippen LogP contribution in [0.5, 0.6) is 5.75 Å². The summed E-state index contributed by atoms with van der Waals surface area (Å²) in [6, 6.07) is 19.0. The Morgan fingerprint density at radius 3 is 2.05 bits per heavy atom. The van der Waals surface area contributed by atoms with Crippen molar-refractivity contribution in [3.05, 3.63) is 71.8 Å². The largest absolute Gasteiger partial charge is 0.497 e. The van der Waals surface area contributed by atoms with E-state index in [1.165, 1.54) is 11.1 Å². The highest BCUT2D eigenvalue weighted by Crippen LogP contribution is 2.30. The van der Waals surface area contributed by atoms with Gasteiger partial charge in [-0.3, -0.25) is 0 Å². The third-order valence-corrected chi connectivity index (χ3v) is 6.08. The first kappa shape index (κ1) is 15.6. The number of allylic oxidation sites excluding steroid dienone is 1. The van der Waals surface area contributed by atoms with E-state index in [2.05, 4.69) is 86.4 Å². The molecule has 2 heteroatoms. The fourth-order valence-electron chi connectivity index (χ4n) is 2.48. The third-order valence-electron chi connectivity index (χ3n) is 3.69. The van der Waals surface area contributed by atoms with Crippen LogP contribution in [0.25, 0.3) is 6.08 Å². The predicted octanol–water partition coefficient (Wildman–Crippen LogP) is 5.37. The average Bonchev–Trinajstić information content (AvgIpc) is 2.48. The van der Waals surface area contributed by atoms with Crippen LogP contribution >= 0.6 is 0 Å². The van der Waals surface area contributed by atoms with Gasteiger partial charge in [0.15, 0.2) is 0 Å². The van der Waals surface area contributed by atoms with Crippen LogP contribution in [0.3, 0.4) is 0 Å². The van der Waals surface area contributed by atoms with Crippen LogP contribution in [0.2, 0.25) is 19.6 Å². The molecule has 110 valence electrons. The lowest BCUT2D eigenvalue weighted by atomic mass is 10.1. The molecule has 0 fully saturated rings. The van der Waals surface area contributed by atoms with Crippen molar-refractivity contribution in [2.24, 2.45) is 0 Å². The molecule has 0 radical (unpaired) electrons. The molecule has 1 atom stereocenters. The molecule has 0 N–H and O–H groups in total. The molecule has 0 heterocycles. The van der Waals surface area contributed by atoms with E-state index in [0.29, 0.717) is 5.54 Å². The van der Waals surface area contributed by atoms with Crippen LogP contribution < -0.4 is 4.74 Å². The number of benzene rings is 2. The van der Waals surface area contributed by atoms with Crippen LogP contribution in [-0.4, -0.2) is 15.2 Å². The molecular formula is C19H24OSi. The second kappa shape index (κ2) is 6.77. The average molecular weight is 296 g/mol. The third kappa shape index (κ3) is 4.33. The van der Waals surface area contributed by atoms with E-state index in [4.69, 9.17) is 4.74 Å². The normalized spacial score (nSPS) is 13.3. The maximum absolute atomic E-state index is 5.26. The van der Waals surface area contributed by atoms with Gasteiger partial charge in [-0.15, -0.1) is 0 Å². The second-order valence-corrected chi connectivity index (χ2v) is 11.7. The van der Waals surface area contributed by atoms with Gasteiger partial charge < -0.3 is 4.74 Å². The molecule has 2 aromatic rings. The summed E-state index contributed by atoms with van der Waals surface area (Å²) < 4.78 is 5.26. The molecule has 0 spiro atoms. The molecule has 0 aliphatic carbocycles. The summed E-state index contributed by atoms with van der Waals surface area (Å²) in [6.45, 7) is 7.24. The maximum atomic E-state index is 5.26. The lowest BCUT2D eigenvalue weighted by Crippen LogP contribution is -2.29. The highest BCUT2D eigenvalue weighted by Gasteiger charge is 2.25. The molecule has 0 amide bonds. The zero-order valence-electron chi connectivity index (χ0n) is 13.3. The fourth-order valence-corrected chi connectivity index (χ4v) is 4.35. The molecule has 2 rings (SSSR count). The molecular weight excluding hydrogens is 272 g/mol. The van der Waals surface area contributed by atoms with Crippen molar-refractivity contribution in [1.82, 2.24) is 0 Å². The smallest absolute Gasteiger partial charge is 0.118 e. The summed E-state index contributed by atoms with van der Waals surface area (Å²) in [7, 11) is 0.372. The van der Waals surface area contributed by atoms with Crippen molar-refractivity contribution in [2.45, 2.75) is 25.2 Å². The van der Waals surface area contributed by atoms with Crippen LogP contribution in [0.15, 0.2) is 60.7 Å². The molecule has 0 aromatic heterocycles. The molecule has 2 aromatic carbocycles. The van der Waals surface area contributed by atoms with Gasteiger partial charge in [0.05, 0.1) is 15.2 Å². The Morgan fingerprint density at radius 2 is 1.52 bits per heavy atom. The SMILES string of the molecule is COc1ccc(C(/C=C/c2ccccc2)[Si](C)(C)C)cc1. The molecule has 21 heavy (non-hydrogen) atoms. The summed E-state index contributed by atoms with van der Waals surface area (Å²) >= 11 is 0. The fraction of sp³-hybridized carbons (Fsp3) is 0.263. The first-order chi connectivity index (χ1) is 10.0. The lowest BCUT2D eigenvalue weighted by molar-refractivity contribution is 0.414. The molecule has 1 nitrogen and oxygen atoms in total. The summed E-state index contributed by atoms with van der Waals surface area (Å²) in [5.41, 5.74) is 3.14. The molecule has 0 saturated carbocycles. The monoisotopic (exact) mass is 296 g/mol. The summed E-state index contributed by atoms with van der Waals surface area (Å²) in [5, 5.41) is 0. The first-order valence-electron chi connectivity index (χ1n) is 7.38. The zero-order valence-corrected chi connectivity index (χ0v) is 14.3. The van der Waals surface area contributed by atoms with Gasteiger partial charge in [-0.05, 0) is 28.8 Å². The van der Waals surface area contributed by atoms with E-state index in [9.17, 15) is 0 Å². The van der Waals surface area contributed by atoms with Crippen molar-refractivity contribution in [3.63, 3.8) is 0 Å². The Morgan fingerprint density at radius 1 is 0.905 bits per heavy atom. The van der Waals surface area contributed by atoms with Crippen molar-refractivity contribution < 1.29 is 4.74 Å². The molecule has 1 unspecified atom stereocenters. The molecule has 0 aliphatic rings. The number of methoxy groups -OCH3 is 1. The van der Waals surface area contributed by atoms with Gasteiger partial charge in [-0.1, -0.05) is 74.3 Å². The predicted molar refractivity (Wildman–Crippen MR) is 94.6 cm³/mol. The summed E-state index contributed by atoms with van der Waals surface area (Å²) in [5.74, 6) is 0.917. The van der Waals surface area contributed by atoms with Gasteiger partial charge in [0, 0.05) is 0 Å². The van der Waals surface area contributed by atoms with Crippen molar-refractivity contribution in [3.8, 4) is 5.75 Å². The topological polar surface area (TPSA) is 9.23 Å². The summed E-state index contributed by atoms with van der Waals surface area (Å²) in [4.78, 5) is 0. The van der Waals surface area contributed by atoms with E-state index in [1.54, 1.807) is 7.11 Å². The number of ether oxygens (including phenoxy) is 1. The highest BCUT2D eigenvalue weighted by atomic mass is 28.3. The van der Waals surface area contributed by atoms with Crippen LogP contribution in [0.1, 0.15) is 16.7 Å². The highest BCUT2D eigenvalue weighted by molar-refractivity contribution is 6.78. The van der Waals surface area contributed by atoms with E-state index < -0.39 is 8.07 Å². The first-order valence-corrected chi connectivity index (χ1v) is 11.0. The Balaban J connectivity index is 2.28. The van der Waals surface area contributed by atoms with Crippen molar-refractivity contribution in [1.29, 1.82) is 0 Å². The van der Waals surface area contributed by atoms with Crippen molar-refractivity contribution in [2.75, 3.05) is 7.11 Å². The number of rotatable bonds is 5. The quantitative estimate of drug-likeness (QED) is 0.674. The van der Waals surface area contributed by atoms with E-state index >= 15 is 0 Å². The van der Waals surface area contributed by atoms with Gasteiger partial charge in [0.25, 0.3) is 0 Å². The van der Waals surface area contributed by atoms with E-state index in [0.717, 1.165) is 5.75 Å². The van der Waals surface area contributed by atoms with Gasteiger partial charge in [0.2, 0.25) is 0 Å². The Labute approximate surface area is 129 Å². The van der Waals surface area contributed by atoms with Gasteiger partial charge in [-0.25, -0.2) is 0 Å². The van der Waals surface area contributed by atoms with E-state index in [1.807, 2.05) is 0 Å². The molecule has 0 bridgehead atoms.